The molecule has 0 aromatic carbocycles. The first kappa shape index (κ1) is 13.9. The van der Waals surface area contributed by atoms with Crippen molar-refractivity contribution in [2.24, 2.45) is 5.84 Å². The van der Waals surface area contributed by atoms with Crippen molar-refractivity contribution in [1.29, 1.82) is 0 Å². The van der Waals surface area contributed by atoms with Crippen LogP contribution in [-0.4, -0.2) is 54.6 Å². The van der Waals surface area contributed by atoms with Crippen LogP contribution in [0.5, 0.6) is 0 Å². The molecular formula is C11H21N3O3. The molecule has 0 aromatic heterocycles. The third kappa shape index (κ3) is 4.70. The highest BCUT2D eigenvalue weighted by Gasteiger charge is 2.20. The van der Waals surface area contributed by atoms with Gasteiger partial charge in [0.2, 0.25) is 11.8 Å². The van der Waals surface area contributed by atoms with Crippen molar-refractivity contribution in [2.75, 3.05) is 32.8 Å². The van der Waals surface area contributed by atoms with E-state index in [0.717, 1.165) is 17.9 Å². The van der Waals surface area contributed by atoms with Crippen molar-refractivity contribution in [2.45, 2.75) is 26.2 Å². The summed E-state index contributed by atoms with van der Waals surface area (Å²) in [6, 6.07) is 0. The van der Waals surface area contributed by atoms with Crippen LogP contribution in [0, 0.1) is 0 Å². The summed E-state index contributed by atoms with van der Waals surface area (Å²) in [5.41, 5.74) is 0. The second kappa shape index (κ2) is 7.24. The van der Waals surface area contributed by atoms with Gasteiger partial charge in [0.05, 0.1) is 13.2 Å². The van der Waals surface area contributed by atoms with Crippen LogP contribution < -0.4 is 5.84 Å². The first-order chi connectivity index (χ1) is 8.15. The van der Waals surface area contributed by atoms with Crippen LogP contribution >= 0.6 is 0 Å². The lowest BCUT2D eigenvalue weighted by molar-refractivity contribution is -0.143. The van der Waals surface area contributed by atoms with E-state index in [1.165, 1.54) is 0 Å². The highest BCUT2D eigenvalue weighted by atomic mass is 16.5. The topological polar surface area (TPSA) is 75.9 Å². The highest BCUT2D eigenvalue weighted by molar-refractivity contribution is 5.84. The lowest BCUT2D eigenvalue weighted by Gasteiger charge is -2.28. The number of hydrogen-bond acceptors (Lipinski definition) is 4. The molecule has 1 rings (SSSR count). The maximum absolute atomic E-state index is 11.8. The van der Waals surface area contributed by atoms with E-state index >= 15 is 0 Å². The van der Waals surface area contributed by atoms with Gasteiger partial charge in [0.1, 0.15) is 6.54 Å². The normalized spacial score (nSPS) is 15.8. The molecule has 2 N–H and O–H groups in total. The Labute approximate surface area is 102 Å². The number of hydrogen-bond donors (Lipinski definition) is 1. The maximum atomic E-state index is 11.8. The maximum Gasteiger partial charge on any atom is 0.244 e. The van der Waals surface area contributed by atoms with Crippen molar-refractivity contribution in [3.8, 4) is 0 Å². The van der Waals surface area contributed by atoms with Crippen LogP contribution in [0.25, 0.3) is 0 Å². The summed E-state index contributed by atoms with van der Waals surface area (Å²) in [6.07, 6.45) is 2.15. The molecule has 0 aromatic rings. The zero-order chi connectivity index (χ0) is 12.7. The lowest BCUT2D eigenvalue weighted by atomic mass is 10.2. The Morgan fingerprint density at radius 3 is 2.59 bits per heavy atom. The Hall–Kier alpha value is -1.14. The molecule has 1 saturated heterocycles. The number of hydrazine groups is 1. The van der Waals surface area contributed by atoms with Gasteiger partial charge in [-0.2, -0.15) is 0 Å². The fraction of sp³-hybridized carbons (Fsp3) is 0.818. The predicted octanol–water partition coefficient (Wildman–Crippen LogP) is -0.262. The average Bonchev–Trinajstić information content (AvgIpc) is 2.36. The van der Waals surface area contributed by atoms with E-state index in [9.17, 15) is 9.59 Å². The smallest absolute Gasteiger partial charge is 0.244 e. The van der Waals surface area contributed by atoms with E-state index in [-0.39, 0.29) is 18.4 Å². The Balaban J connectivity index is 2.31. The zero-order valence-electron chi connectivity index (χ0n) is 10.4. The molecule has 1 aliphatic heterocycles. The Morgan fingerprint density at radius 2 is 2.00 bits per heavy atom. The largest absolute Gasteiger partial charge is 0.378 e. The van der Waals surface area contributed by atoms with Gasteiger partial charge < -0.3 is 9.64 Å². The van der Waals surface area contributed by atoms with Gasteiger partial charge in [-0.25, -0.2) is 5.84 Å². The number of amides is 2. The number of carbonyl (C=O) groups is 2. The third-order valence-electron chi connectivity index (χ3n) is 2.73. The summed E-state index contributed by atoms with van der Waals surface area (Å²) in [5, 5.41) is 1.02. The minimum Gasteiger partial charge on any atom is -0.378 e. The summed E-state index contributed by atoms with van der Waals surface area (Å²) in [6.45, 7) is 4.24. The molecular weight excluding hydrogens is 222 g/mol. The number of morpholine rings is 1. The molecule has 1 aliphatic rings. The Bertz CT molecular complexity index is 265. The summed E-state index contributed by atoms with van der Waals surface area (Å²) in [5.74, 6) is 5.29. The minimum absolute atomic E-state index is 0.0391. The summed E-state index contributed by atoms with van der Waals surface area (Å²) in [4.78, 5) is 25.0. The monoisotopic (exact) mass is 243 g/mol. The number of carbonyl (C=O) groups excluding carboxylic acids is 2. The van der Waals surface area contributed by atoms with Crippen molar-refractivity contribution in [3.63, 3.8) is 0 Å². The molecule has 0 aliphatic carbocycles. The fourth-order valence-corrected chi connectivity index (χ4v) is 1.62. The van der Waals surface area contributed by atoms with Gasteiger partial charge in [-0.15, -0.1) is 0 Å². The Kier molecular flexibility index (Phi) is 5.93. The van der Waals surface area contributed by atoms with Gasteiger partial charge >= 0.3 is 0 Å². The van der Waals surface area contributed by atoms with Crippen molar-refractivity contribution < 1.29 is 14.3 Å². The van der Waals surface area contributed by atoms with Crippen molar-refractivity contribution >= 4 is 11.8 Å². The summed E-state index contributed by atoms with van der Waals surface area (Å²) in [7, 11) is 0. The average molecular weight is 243 g/mol. The first-order valence-corrected chi connectivity index (χ1v) is 6.05. The number of unbranched alkanes of at least 4 members (excludes halogenated alkanes) is 1. The lowest BCUT2D eigenvalue weighted by Crippen LogP contribution is -2.49. The van der Waals surface area contributed by atoms with E-state index in [1.807, 2.05) is 6.92 Å². The highest BCUT2D eigenvalue weighted by Crippen LogP contribution is 2.01. The molecule has 6 heteroatoms. The van der Waals surface area contributed by atoms with Gasteiger partial charge in [0.25, 0.3) is 0 Å². The van der Waals surface area contributed by atoms with E-state index < -0.39 is 0 Å². The van der Waals surface area contributed by atoms with E-state index in [4.69, 9.17) is 10.6 Å². The molecule has 0 unspecified atom stereocenters. The predicted molar refractivity (Wildman–Crippen MR) is 62.8 cm³/mol. The molecule has 98 valence electrons. The van der Waals surface area contributed by atoms with Crippen molar-refractivity contribution in [3.05, 3.63) is 0 Å². The molecule has 0 bridgehead atoms. The second-order valence-electron chi connectivity index (χ2n) is 4.12. The SMILES string of the molecule is CCCCC(=O)N(N)CC(=O)N1CCOCC1. The van der Waals surface area contributed by atoms with Crippen LogP contribution in [0.4, 0.5) is 0 Å². The summed E-state index contributed by atoms with van der Waals surface area (Å²) < 4.78 is 5.15. The zero-order valence-corrected chi connectivity index (χ0v) is 10.4. The molecule has 2 amide bonds. The molecule has 1 fully saturated rings. The number of nitrogens with zero attached hydrogens (tertiary/aromatic N) is 2. The van der Waals surface area contributed by atoms with Crippen LogP contribution in [0.2, 0.25) is 0 Å². The van der Waals surface area contributed by atoms with Crippen LogP contribution in [0.15, 0.2) is 0 Å². The van der Waals surface area contributed by atoms with Gasteiger partial charge in [-0.1, -0.05) is 13.3 Å². The third-order valence-corrected chi connectivity index (χ3v) is 2.73. The molecule has 0 saturated carbocycles. The molecule has 0 radical (unpaired) electrons. The summed E-state index contributed by atoms with van der Waals surface area (Å²) >= 11 is 0. The molecule has 0 spiro atoms. The fourth-order valence-electron chi connectivity index (χ4n) is 1.62. The minimum atomic E-state index is -0.173. The molecule has 6 nitrogen and oxygen atoms in total. The van der Waals surface area contributed by atoms with Gasteiger partial charge in [0.15, 0.2) is 0 Å². The van der Waals surface area contributed by atoms with Gasteiger partial charge in [0, 0.05) is 19.5 Å². The van der Waals surface area contributed by atoms with Crippen LogP contribution in [0.1, 0.15) is 26.2 Å². The second-order valence-corrected chi connectivity index (χ2v) is 4.12. The van der Waals surface area contributed by atoms with Crippen LogP contribution in [-0.2, 0) is 14.3 Å². The molecule has 0 atom stereocenters. The van der Waals surface area contributed by atoms with Crippen LogP contribution in [0.3, 0.4) is 0 Å². The quantitative estimate of drug-likeness (QED) is 0.410. The standard InChI is InChI=1S/C11H21N3O3/c1-2-3-4-10(15)14(12)9-11(16)13-5-7-17-8-6-13/h2-9,12H2,1H3. The number of rotatable bonds is 5. The Morgan fingerprint density at radius 1 is 1.35 bits per heavy atom. The van der Waals surface area contributed by atoms with Crippen molar-refractivity contribution in [1.82, 2.24) is 9.91 Å². The molecule has 1 heterocycles. The number of nitrogens with two attached hydrogens (primary N) is 1. The van der Waals surface area contributed by atoms with Gasteiger partial charge in [-0.05, 0) is 6.42 Å². The molecule has 17 heavy (non-hydrogen) atoms. The van der Waals surface area contributed by atoms with Gasteiger partial charge in [-0.3, -0.25) is 14.6 Å². The van der Waals surface area contributed by atoms with E-state index in [0.29, 0.717) is 32.7 Å². The number of ether oxygens (including phenoxy) is 1. The van der Waals surface area contributed by atoms with E-state index in [1.54, 1.807) is 4.90 Å². The first-order valence-electron chi connectivity index (χ1n) is 6.05. The van der Waals surface area contributed by atoms with E-state index in [2.05, 4.69) is 0 Å².